The second-order valence-corrected chi connectivity index (χ2v) is 14.3. The highest BCUT2D eigenvalue weighted by molar-refractivity contribution is 8.13. The van der Waals surface area contributed by atoms with Gasteiger partial charge < -0.3 is 10.2 Å². The van der Waals surface area contributed by atoms with E-state index in [1.807, 2.05) is 0 Å². The third-order valence-electron chi connectivity index (χ3n) is 10.8. The molecule has 0 aromatic heterocycles. The lowest BCUT2D eigenvalue weighted by Gasteiger charge is -2.64. The Balaban J connectivity index is 1.63. The summed E-state index contributed by atoms with van der Waals surface area (Å²) in [7, 11) is 0. The number of thioether (sulfide) groups is 1. The highest BCUT2D eigenvalue weighted by Crippen LogP contribution is 2.70. The molecule has 3 saturated carbocycles. The Kier molecular flexibility index (Phi) is 6.33. The average Bonchev–Trinajstić information content (AvgIpc) is 2.78. The highest BCUT2D eigenvalue weighted by Gasteiger charge is 2.60. The van der Waals surface area contributed by atoms with Crippen molar-refractivity contribution in [1.29, 1.82) is 0 Å². The first kappa shape index (κ1) is 27.0. The first-order valence-corrected chi connectivity index (χ1v) is 14.5. The Morgan fingerprint density at radius 3 is 2.46 bits per heavy atom. The molecule has 3 nitrogen and oxygen atoms in total. The molecule has 1 aromatic carbocycles. The maximum absolute atomic E-state index is 13.1. The van der Waals surface area contributed by atoms with Gasteiger partial charge in [-0.3, -0.25) is 4.79 Å². The van der Waals surface area contributed by atoms with Crippen LogP contribution in [0.4, 0.5) is 13.2 Å². The Hall–Kier alpha value is -1.63. The lowest BCUT2D eigenvalue weighted by Crippen LogP contribution is -2.55. The van der Waals surface area contributed by atoms with Gasteiger partial charge in [-0.15, -0.1) is 0 Å². The molecule has 5 rings (SSSR count). The molecule has 1 aromatic rings. The quantitative estimate of drug-likeness (QED) is 0.294. The van der Waals surface area contributed by atoms with Crippen LogP contribution in [0.2, 0.25) is 0 Å². The highest BCUT2D eigenvalue weighted by atomic mass is 32.2. The number of carbonyl (C=O) groups is 1. The second-order valence-electron chi connectivity index (χ2n) is 13.1. The van der Waals surface area contributed by atoms with E-state index in [0.29, 0.717) is 46.1 Å². The molecule has 0 radical (unpaired) electrons. The van der Waals surface area contributed by atoms with E-state index in [9.17, 15) is 28.2 Å². The molecular weight excluding hydrogens is 497 g/mol. The van der Waals surface area contributed by atoms with Crippen molar-refractivity contribution in [2.24, 2.45) is 28.6 Å². The number of carbonyl (C=O) groups excluding carboxylic acids is 1. The topological polar surface area (TPSA) is 57.5 Å². The minimum Gasteiger partial charge on any atom is -0.504 e. The van der Waals surface area contributed by atoms with E-state index in [4.69, 9.17) is 0 Å². The van der Waals surface area contributed by atoms with Gasteiger partial charge in [0.25, 0.3) is 0 Å². The molecule has 0 amide bonds. The van der Waals surface area contributed by atoms with Gasteiger partial charge in [-0.2, -0.15) is 13.2 Å². The summed E-state index contributed by atoms with van der Waals surface area (Å²) in [5.41, 5.74) is 2.97. The van der Waals surface area contributed by atoms with Crippen molar-refractivity contribution in [3.8, 4) is 11.5 Å². The average molecular weight is 537 g/mol. The van der Waals surface area contributed by atoms with Crippen molar-refractivity contribution in [2.75, 3.05) is 0 Å². The monoisotopic (exact) mass is 536 g/mol. The lowest BCUT2D eigenvalue weighted by molar-refractivity contribution is -0.146. The number of rotatable bonds is 2. The first-order chi connectivity index (χ1) is 17.1. The molecule has 0 spiro atoms. The minimum absolute atomic E-state index is 0.126. The summed E-state index contributed by atoms with van der Waals surface area (Å²) >= 11 is 0.706. The molecule has 0 aliphatic heterocycles. The summed E-state index contributed by atoms with van der Waals surface area (Å²) in [5.74, 6) is 1.31. The number of hydrogen-bond donors (Lipinski definition) is 2. The summed E-state index contributed by atoms with van der Waals surface area (Å²) in [6, 6.07) is 1.60. The molecule has 7 unspecified atom stereocenters. The predicted octanol–water partition coefficient (Wildman–Crippen LogP) is 8.51. The van der Waals surface area contributed by atoms with E-state index in [0.717, 1.165) is 31.2 Å². The normalized spacial score (nSPS) is 39.1. The summed E-state index contributed by atoms with van der Waals surface area (Å²) in [6.45, 7) is 11.0. The van der Waals surface area contributed by atoms with E-state index in [1.165, 1.54) is 24.8 Å². The number of fused-ring (bicyclic) bond motifs is 7. The molecule has 4 aliphatic carbocycles. The number of halogens is 3. The van der Waals surface area contributed by atoms with Gasteiger partial charge in [0.05, 0.1) is 5.25 Å². The van der Waals surface area contributed by atoms with Gasteiger partial charge >= 0.3 is 6.18 Å². The fourth-order valence-corrected chi connectivity index (χ4v) is 9.91. The molecular formula is C30H39F3O3S. The molecule has 0 saturated heterocycles. The minimum atomic E-state index is -4.57. The Morgan fingerprint density at radius 1 is 1.08 bits per heavy atom. The zero-order valence-electron chi connectivity index (χ0n) is 22.5. The SMILES string of the molecule is Cc1c(O)c(O)cc2c1C(SC(=O)CC(F)(F)F)C=C1C2(C)CCC2C3CC(C)CCC3(C)CCC12C. The van der Waals surface area contributed by atoms with E-state index in [1.54, 1.807) is 13.0 Å². The molecule has 37 heavy (non-hydrogen) atoms. The van der Waals surface area contributed by atoms with E-state index in [2.05, 4.69) is 33.8 Å². The van der Waals surface area contributed by atoms with Crippen molar-refractivity contribution < 1.29 is 28.2 Å². The molecule has 7 heteroatoms. The second kappa shape index (κ2) is 8.69. The van der Waals surface area contributed by atoms with Crippen LogP contribution >= 0.6 is 11.8 Å². The van der Waals surface area contributed by atoms with Gasteiger partial charge in [0.15, 0.2) is 16.6 Å². The largest absolute Gasteiger partial charge is 0.504 e. The van der Waals surface area contributed by atoms with Gasteiger partial charge in [-0.05, 0) is 96.8 Å². The summed E-state index contributed by atoms with van der Waals surface area (Å²) in [5, 5.41) is 19.6. The fraction of sp³-hybridized carbons (Fsp3) is 0.700. The molecule has 204 valence electrons. The standard InChI is InChI=1S/C30H39F3O3S/c1-16-6-8-27(3)10-11-29(5)18(19(27)12-16)7-9-28(4)20-13-21(34)26(36)17(2)25(20)22(14-23(28)29)37-24(35)15-30(31,32)33/h13-14,16,18-19,22,34,36H,6-12,15H2,1-5H3. The van der Waals surface area contributed by atoms with Crippen molar-refractivity contribution in [2.45, 2.75) is 103 Å². The Bertz CT molecular complexity index is 1160. The number of allylic oxidation sites excluding steroid dienone is 1. The molecule has 0 heterocycles. The molecule has 3 fully saturated rings. The van der Waals surface area contributed by atoms with Crippen molar-refractivity contribution >= 4 is 16.9 Å². The van der Waals surface area contributed by atoms with Crippen LogP contribution in [-0.2, 0) is 10.2 Å². The Morgan fingerprint density at radius 2 is 1.78 bits per heavy atom. The van der Waals surface area contributed by atoms with Crippen LogP contribution in [0, 0.1) is 35.5 Å². The van der Waals surface area contributed by atoms with Crippen LogP contribution in [-0.4, -0.2) is 21.5 Å². The lowest BCUT2D eigenvalue weighted by atomic mass is 9.41. The number of aromatic hydroxyl groups is 2. The number of phenols is 2. The summed E-state index contributed by atoms with van der Waals surface area (Å²) in [6.07, 6.45) is 3.85. The van der Waals surface area contributed by atoms with Crippen molar-refractivity contribution in [3.63, 3.8) is 0 Å². The van der Waals surface area contributed by atoms with Crippen LogP contribution in [0.1, 0.15) is 101 Å². The predicted molar refractivity (Wildman–Crippen MR) is 141 cm³/mol. The van der Waals surface area contributed by atoms with Gasteiger partial charge in [0.1, 0.15) is 6.42 Å². The van der Waals surface area contributed by atoms with Crippen LogP contribution in [0.5, 0.6) is 11.5 Å². The number of hydrogen-bond acceptors (Lipinski definition) is 4. The third kappa shape index (κ3) is 4.22. The van der Waals surface area contributed by atoms with Crippen LogP contribution in [0.25, 0.3) is 0 Å². The van der Waals surface area contributed by atoms with E-state index < -0.39 is 28.4 Å². The van der Waals surface area contributed by atoms with Gasteiger partial charge in [0.2, 0.25) is 0 Å². The zero-order valence-corrected chi connectivity index (χ0v) is 23.3. The zero-order chi connectivity index (χ0) is 27.1. The smallest absolute Gasteiger partial charge is 0.396 e. The number of alkyl halides is 3. The first-order valence-electron chi connectivity index (χ1n) is 13.6. The third-order valence-corrected chi connectivity index (χ3v) is 11.9. The van der Waals surface area contributed by atoms with Crippen LogP contribution < -0.4 is 0 Å². The number of phenolic OH excluding ortho intramolecular Hbond substituents is 2. The maximum Gasteiger partial charge on any atom is 0.396 e. The van der Waals surface area contributed by atoms with Gasteiger partial charge in [-0.1, -0.05) is 57.5 Å². The van der Waals surface area contributed by atoms with Crippen molar-refractivity contribution in [3.05, 3.63) is 34.4 Å². The Labute approximate surface area is 222 Å². The summed E-state index contributed by atoms with van der Waals surface area (Å²) < 4.78 is 39.2. The van der Waals surface area contributed by atoms with E-state index in [-0.39, 0.29) is 16.9 Å². The van der Waals surface area contributed by atoms with E-state index >= 15 is 0 Å². The van der Waals surface area contributed by atoms with Crippen LogP contribution in [0.15, 0.2) is 17.7 Å². The number of benzene rings is 1. The molecule has 0 bridgehead atoms. The molecule has 2 N–H and O–H groups in total. The molecule has 4 aliphatic rings. The molecule has 7 atom stereocenters. The maximum atomic E-state index is 13.1. The fourth-order valence-electron chi connectivity index (χ4n) is 8.75. The summed E-state index contributed by atoms with van der Waals surface area (Å²) in [4.78, 5) is 12.6. The van der Waals surface area contributed by atoms with Crippen LogP contribution in [0.3, 0.4) is 0 Å². The van der Waals surface area contributed by atoms with Crippen molar-refractivity contribution in [1.82, 2.24) is 0 Å². The van der Waals surface area contributed by atoms with Gasteiger partial charge in [0, 0.05) is 5.41 Å². The van der Waals surface area contributed by atoms with Gasteiger partial charge in [-0.25, -0.2) is 0 Å².